The molecule has 216 valence electrons. The summed E-state index contributed by atoms with van der Waals surface area (Å²) in [6.45, 7) is 6.86. The first-order chi connectivity index (χ1) is 20.7. The van der Waals surface area contributed by atoms with Gasteiger partial charge >= 0.3 is 0 Å². The van der Waals surface area contributed by atoms with E-state index in [0.717, 1.165) is 41.4 Å². The second kappa shape index (κ2) is 15.4. The zero-order valence-electron chi connectivity index (χ0n) is 25.0. The maximum Gasteiger partial charge on any atom is 0.0900 e. The molecular formula is C37H42N4S. The highest BCUT2D eigenvalue weighted by atomic mass is 32.1. The standard InChI is InChI=1S/C37H42N4S/c1-3-5-7-13-25-41(26-14-8-6-4-2)31-19-17-29(18-20-31)36-21-22-37(42-36)30-27-34(32-15-9-11-23-38-32)40-35(28-30)33-16-10-12-24-39-33/h9-12,15-24,27-28H,3-8,13-14,25-26H2,1-2H3. The first kappa shape index (κ1) is 29.7. The lowest BCUT2D eigenvalue weighted by atomic mass is 10.1. The Hall–Kier alpha value is -3.83. The molecule has 42 heavy (non-hydrogen) atoms. The third-order valence-electron chi connectivity index (χ3n) is 7.65. The molecule has 0 saturated heterocycles. The van der Waals surface area contributed by atoms with Crippen LogP contribution in [0.4, 0.5) is 5.69 Å². The molecule has 0 aliphatic heterocycles. The van der Waals surface area contributed by atoms with Gasteiger partial charge in [0.2, 0.25) is 0 Å². The highest BCUT2D eigenvalue weighted by Gasteiger charge is 2.13. The van der Waals surface area contributed by atoms with Gasteiger partial charge in [-0.15, -0.1) is 11.3 Å². The van der Waals surface area contributed by atoms with Crippen LogP contribution in [0, 0.1) is 0 Å². The molecule has 4 nitrogen and oxygen atoms in total. The molecule has 1 aromatic carbocycles. The van der Waals surface area contributed by atoms with E-state index in [1.165, 1.54) is 72.4 Å². The van der Waals surface area contributed by atoms with Crippen LogP contribution in [-0.4, -0.2) is 28.0 Å². The molecule has 0 fully saturated rings. The van der Waals surface area contributed by atoms with Crippen molar-refractivity contribution in [3.05, 3.63) is 97.3 Å². The van der Waals surface area contributed by atoms with Gasteiger partial charge in [0, 0.05) is 40.9 Å². The van der Waals surface area contributed by atoms with Crippen LogP contribution in [-0.2, 0) is 0 Å². The van der Waals surface area contributed by atoms with Gasteiger partial charge < -0.3 is 4.90 Å². The summed E-state index contributed by atoms with van der Waals surface area (Å²) in [4.78, 5) is 19.1. The molecule has 0 bridgehead atoms. The smallest absolute Gasteiger partial charge is 0.0900 e. The molecule has 0 spiro atoms. The van der Waals surface area contributed by atoms with Gasteiger partial charge in [-0.2, -0.15) is 0 Å². The normalized spacial score (nSPS) is 11.1. The third-order valence-corrected chi connectivity index (χ3v) is 8.83. The van der Waals surface area contributed by atoms with Crippen molar-refractivity contribution in [1.29, 1.82) is 0 Å². The molecule has 5 rings (SSSR count). The minimum absolute atomic E-state index is 0.853. The molecule has 0 amide bonds. The molecule has 0 saturated carbocycles. The van der Waals surface area contributed by atoms with Crippen molar-refractivity contribution < 1.29 is 0 Å². The Labute approximate surface area is 255 Å². The van der Waals surface area contributed by atoms with Crippen LogP contribution >= 0.6 is 11.3 Å². The first-order valence-corrected chi connectivity index (χ1v) is 16.4. The SMILES string of the molecule is CCCCCCN(CCCCCC)c1ccc(-c2ccc(-c3cc(-c4ccccn4)nc(-c4ccccn4)c3)s2)cc1. The van der Waals surface area contributed by atoms with Gasteiger partial charge in [0.05, 0.1) is 22.8 Å². The maximum absolute atomic E-state index is 4.93. The van der Waals surface area contributed by atoms with Gasteiger partial charge in [-0.05, 0) is 84.6 Å². The van der Waals surface area contributed by atoms with E-state index < -0.39 is 0 Å². The van der Waals surface area contributed by atoms with Crippen LogP contribution < -0.4 is 4.90 Å². The van der Waals surface area contributed by atoms with Crippen LogP contribution in [0.2, 0.25) is 0 Å². The van der Waals surface area contributed by atoms with Crippen LogP contribution in [0.25, 0.3) is 43.7 Å². The highest BCUT2D eigenvalue weighted by Crippen LogP contribution is 2.37. The highest BCUT2D eigenvalue weighted by molar-refractivity contribution is 7.18. The lowest BCUT2D eigenvalue weighted by molar-refractivity contribution is 0.609. The fraction of sp³-hybridized carbons (Fsp3) is 0.324. The van der Waals surface area contributed by atoms with Gasteiger partial charge in [0.15, 0.2) is 0 Å². The van der Waals surface area contributed by atoms with E-state index in [1.54, 1.807) is 0 Å². The van der Waals surface area contributed by atoms with Crippen LogP contribution in [0.1, 0.15) is 65.2 Å². The number of hydrogen-bond donors (Lipinski definition) is 0. The Balaban J connectivity index is 1.38. The third kappa shape index (κ3) is 7.92. The molecule has 4 aromatic heterocycles. The quantitative estimate of drug-likeness (QED) is 0.117. The number of nitrogens with zero attached hydrogens (tertiary/aromatic N) is 4. The number of pyridine rings is 3. The Morgan fingerprint density at radius 2 is 1.10 bits per heavy atom. The van der Waals surface area contributed by atoms with Gasteiger partial charge in [0.25, 0.3) is 0 Å². The Morgan fingerprint density at radius 3 is 1.60 bits per heavy atom. The van der Waals surface area contributed by atoms with E-state index in [2.05, 4.69) is 77.2 Å². The number of aromatic nitrogens is 3. The number of benzene rings is 1. The number of unbranched alkanes of at least 4 members (excludes halogenated alkanes) is 6. The van der Waals surface area contributed by atoms with E-state index in [4.69, 9.17) is 4.98 Å². The average Bonchev–Trinajstić information content (AvgIpc) is 3.55. The molecule has 0 aliphatic rings. The topological polar surface area (TPSA) is 41.9 Å². The second-order valence-corrected chi connectivity index (χ2v) is 12.0. The minimum Gasteiger partial charge on any atom is -0.372 e. The lowest BCUT2D eigenvalue weighted by Crippen LogP contribution is -2.25. The van der Waals surface area contributed by atoms with Crippen molar-refractivity contribution in [2.24, 2.45) is 0 Å². The first-order valence-electron chi connectivity index (χ1n) is 15.6. The Morgan fingerprint density at radius 1 is 0.548 bits per heavy atom. The fourth-order valence-corrected chi connectivity index (χ4v) is 6.28. The minimum atomic E-state index is 0.853. The van der Waals surface area contributed by atoms with Crippen molar-refractivity contribution in [2.45, 2.75) is 65.2 Å². The summed E-state index contributed by atoms with van der Waals surface area (Å²) in [5.41, 5.74) is 7.16. The molecule has 0 aliphatic carbocycles. The molecular weight excluding hydrogens is 533 g/mol. The maximum atomic E-state index is 4.93. The summed E-state index contributed by atoms with van der Waals surface area (Å²) in [5, 5.41) is 0. The van der Waals surface area contributed by atoms with E-state index >= 15 is 0 Å². The van der Waals surface area contributed by atoms with Crippen LogP contribution in [0.15, 0.2) is 97.3 Å². The van der Waals surface area contributed by atoms with Crippen LogP contribution in [0.5, 0.6) is 0 Å². The predicted molar refractivity (Wildman–Crippen MR) is 180 cm³/mol. The summed E-state index contributed by atoms with van der Waals surface area (Å²) in [6.07, 6.45) is 14.0. The van der Waals surface area contributed by atoms with Gasteiger partial charge in [-0.25, -0.2) is 4.98 Å². The fourth-order valence-electron chi connectivity index (χ4n) is 5.28. The average molecular weight is 575 g/mol. The molecule has 4 heterocycles. The van der Waals surface area contributed by atoms with Crippen molar-refractivity contribution in [3.63, 3.8) is 0 Å². The van der Waals surface area contributed by atoms with Crippen molar-refractivity contribution in [2.75, 3.05) is 18.0 Å². The number of hydrogen-bond acceptors (Lipinski definition) is 5. The van der Waals surface area contributed by atoms with E-state index in [-0.39, 0.29) is 0 Å². The van der Waals surface area contributed by atoms with E-state index in [9.17, 15) is 0 Å². The van der Waals surface area contributed by atoms with Crippen molar-refractivity contribution in [1.82, 2.24) is 15.0 Å². The van der Waals surface area contributed by atoms with Crippen molar-refractivity contribution >= 4 is 17.0 Å². The number of rotatable bonds is 15. The number of anilines is 1. The van der Waals surface area contributed by atoms with Gasteiger partial charge in [-0.1, -0.05) is 76.6 Å². The van der Waals surface area contributed by atoms with Gasteiger partial charge in [0.1, 0.15) is 0 Å². The summed E-state index contributed by atoms with van der Waals surface area (Å²) < 4.78 is 0. The summed E-state index contributed by atoms with van der Waals surface area (Å²) in [6, 6.07) is 29.9. The monoisotopic (exact) mass is 574 g/mol. The van der Waals surface area contributed by atoms with E-state index in [1.807, 2.05) is 60.1 Å². The van der Waals surface area contributed by atoms with Crippen LogP contribution in [0.3, 0.4) is 0 Å². The van der Waals surface area contributed by atoms with E-state index in [0.29, 0.717) is 0 Å². The number of thiophene rings is 1. The Bertz CT molecular complexity index is 1430. The van der Waals surface area contributed by atoms with Crippen molar-refractivity contribution in [3.8, 4) is 43.7 Å². The molecule has 0 radical (unpaired) electrons. The second-order valence-electron chi connectivity index (χ2n) is 10.9. The predicted octanol–water partition coefficient (Wildman–Crippen LogP) is 10.6. The molecule has 0 unspecified atom stereocenters. The molecule has 5 heteroatoms. The zero-order chi connectivity index (χ0) is 29.0. The summed E-state index contributed by atoms with van der Waals surface area (Å²) in [7, 11) is 0. The van der Waals surface area contributed by atoms with Gasteiger partial charge in [-0.3, -0.25) is 9.97 Å². The largest absolute Gasteiger partial charge is 0.372 e. The molecule has 5 aromatic rings. The molecule has 0 N–H and O–H groups in total. The Kier molecular flexibility index (Phi) is 10.9. The summed E-state index contributed by atoms with van der Waals surface area (Å²) in [5.74, 6) is 0. The lowest BCUT2D eigenvalue weighted by Gasteiger charge is -2.25. The zero-order valence-corrected chi connectivity index (χ0v) is 25.8. The molecule has 0 atom stereocenters. The summed E-state index contributed by atoms with van der Waals surface area (Å²) >= 11 is 1.82.